The van der Waals surface area contributed by atoms with Crippen molar-refractivity contribution in [1.29, 1.82) is 0 Å². The first kappa shape index (κ1) is 16.2. The van der Waals surface area contributed by atoms with Crippen LogP contribution in [-0.4, -0.2) is 36.9 Å². The molecular formula is C13H15ClFNO4S. The number of rotatable bonds is 3. The maximum Gasteiger partial charge on any atom is 0.307 e. The van der Waals surface area contributed by atoms with E-state index in [4.69, 9.17) is 16.7 Å². The Hall–Kier alpha value is -1.18. The Kier molecular flexibility index (Phi) is 4.55. The highest BCUT2D eigenvalue weighted by Crippen LogP contribution is 2.29. The summed E-state index contributed by atoms with van der Waals surface area (Å²) in [6.45, 7) is 1.78. The van der Waals surface area contributed by atoms with Crippen LogP contribution in [0.4, 0.5) is 4.39 Å². The molecule has 0 spiro atoms. The number of nitrogens with zero attached hydrogens (tertiary/aromatic N) is 1. The molecule has 2 unspecified atom stereocenters. The first-order chi connectivity index (χ1) is 9.71. The zero-order chi connectivity index (χ0) is 15.8. The number of halogens is 2. The molecule has 1 aromatic carbocycles. The van der Waals surface area contributed by atoms with Crippen LogP contribution in [0.3, 0.4) is 0 Å². The van der Waals surface area contributed by atoms with Gasteiger partial charge in [0.1, 0.15) is 10.7 Å². The van der Waals surface area contributed by atoms with Gasteiger partial charge in [-0.3, -0.25) is 4.79 Å². The Balaban J connectivity index is 2.38. The number of carboxylic acid groups (broad SMARTS) is 1. The number of benzene rings is 1. The summed E-state index contributed by atoms with van der Waals surface area (Å²) in [6, 6.07) is 3.29. The van der Waals surface area contributed by atoms with E-state index in [2.05, 4.69) is 0 Å². The van der Waals surface area contributed by atoms with Crippen molar-refractivity contribution in [2.24, 2.45) is 11.8 Å². The fraction of sp³-hybridized carbons (Fsp3) is 0.462. The van der Waals surface area contributed by atoms with Crippen molar-refractivity contribution in [2.75, 3.05) is 13.1 Å². The van der Waals surface area contributed by atoms with E-state index in [0.29, 0.717) is 6.42 Å². The second-order valence-corrected chi connectivity index (χ2v) is 7.62. The van der Waals surface area contributed by atoms with Gasteiger partial charge in [-0.05, 0) is 30.5 Å². The quantitative estimate of drug-likeness (QED) is 0.919. The first-order valence-corrected chi connectivity index (χ1v) is 8.21. The normalized spacial score (nSPS) is 24.0. The lowest BCUT2D eigenvalue weighted by Crippen LogP contribution is -2.45. The van der Waals surface area contributed by atoms with E-state index in [1.807, 2.05) is 0 Å². The predicted octanol–water partition coefficient (Wildman–Crippen LogP) is 2.21. The van der Waals surface area contributed by atoms with Crippen molar-refractivity contribution < 1.29 is 22.7 Å². The second kappa shape index (κ2) is 5.90. The van der Waals surface area contributed by atoms with Crippen molar-refractivity contribution in [3.05, 3.63) is 29.0 Å². The fourth-order valence-electron chi connectivity index (χ4n) is 2.49. The Morgan fingerprint density at radius 2 is 2.10 bits per heavy atom. The molecule has 1 aliphatic rings. The third kappa shape index (κ3) is 3.36. The molecular weight excluding hydrogens is 321 g/mol. The summed E-state index contributed by atoms with van der Waals surface area (Å²) in [5.41, 5.74) is 0. The second-order valence-electron chi connectivity index (χ2n) is 5.27. The minimum atomic E-state index is -4.10. The van der Waals surface area contributed by atoms with Crippen LogP contribution in [0.1, 0.15) is 13.3 Å². The molecule has 8 heteroatoms. The number of carboxylic acids is 1. The van der Waals surface area contributed by atoms with E-state index in [1.54, 1.807) is 6.92 Å². The van der Waals surface area contributed by atoms with Crippen LogP contribution in [0, 0.1) is 17.7 Å². The average Bonchev–Trinajstić information content (AvgIpc) is 2.40. The summed E-state index contributed by atoms with van der Waals surface area (Å²) in [7, 11) is -4.10. The van der Waals surface area contributed by atoms with Crippen LogP contribution in [0.5, 0.6) is 0 Å². The van der Waals surface area contributed by atoms with Crippen molar-refractivity contribution in [1.82, 2.24) is 4.31 Å². The van der Waals surface area contributed by atoms with Gasteiger partial charge in [0.15, 0.2) is 0 Å². The highest BCUT2D eigenvalue weighted by Gasteiger charge is 2.37. The molecule has 1 aliphatic heterocycles. The SMILES string of the molecule is CC1CC(C(=O)O)CN(S(=O)(=O)c2cc(Cl)ccc2F)C1. The molecule has 0 radical (unpaired) electrons. The van der Waals surface area contributed by atoms with E-state index >= 15 is 0 Å². The molecule has 0 saturated carbocycles. The molecule has 5 nitrogen and oxygen atoms in total. The summed E-state index contributed by atoms with van der Waals surface area (Å²) < 4.78 is 39.8. The van der Waals surface area contributed by atoms with E-state index in [9.17, 15) is 17.6 Å². The van der Waals surface area contributed by atoms with Gasteiger partial charge >= 0.3 is 5.97 Å². The molecule has 1 aromatic rings. The predicted molar refractivity (Wildman–Crippen MR) is 75.1 cm³/mol. The smallest absolute Gasteiger partial charge is 0.307 e. The molecule has 0 aliphatic carbocycles. The van der Waals surface area contributed by atoms with Crippen LogP contribution < -0.4 is 0 Å². The minimum absolute atomic E-state index is 0.106. The van der Waals surface area contributed by atoms with Gasteiger partial charge in [0.25, 0.3) is 0 Å². The molecule has 21 heavy (non-hydrogen) atoms. The molecule has 1 fully saturated rings. The number of hydrogen-bond acceptors (Lipinski definition) is 3. The third-order valence-corrected chi connectivity index (χ3v) is 5.57. The largest absolute Gasteiger partial charge is 0.481 e. The maximum absolute atomic E-state index is 13.8. The number of sulfonamides is 1. The Morgan fingerprint density at radius 3 is 2.71 bits per heavy atom. The van der Waals surface area contributed by atoms with Gasteiger partial charge in [-0.1, -0.05) is 18.5 Å². The Morgan fingerprint density at radius 1 is 1.43 bits per heavy atom. The summed E-state index contributed by atoms with van der Waals surface area (Å²) in [6.07, 6.45) is 0.402. The molecule has 1 heterocycles. The van der Waals surface area contributed by atoms with E-state index < -0.39 is 32.6 Å². The summed E-state index contributed by atoms with van der Waals surface area (Å²) in [4.78, 5) is 10.6. The highest BCUT2D eigenvalue weighted by molar-refractivity contribution is 7.89. The monoisotopic (exact) mass is 335 g/mol. The van der Waals surface area contributed by atoms with Crippen molar-refractivity contribution in [3.63, 3.8) is 0 Å². The highest BCUT2D eigenvalue weighted by atomic mass is 35.5. The molecule has 116 valence electrons. The average molecular weight is 336 g/mol. The van der Waals surface area contributed by atoms with Gasteiger partial charge in [0.05, 0.1) is 5.92 Å². The molecule has 0 aromatic heterocycles. The summed E-state index contributed by atoms with van der Waals surface area (Å²) >= 11 is 5.73. The standard InChI is InChI=1S/C13H15ClFNO4S/c1-8-4-9(13(17)18)7-16(6-8)21(19,20)12-5-10(14)2-3-11(12)15/h2-3,5,8-9H,4,6-7H2,1H3,(H,17,18). The molecule has 0 amide bonds. The molecule has 0 bridgehead atoms. The van der Waals surface area contributed by atoms with Crippen molar-refractivity contribution in [3.8, 4) is 0 Å². The van der Waals surface area contributed by atoms with Crippen molar-refractivity contribution in [2.45, 2.75) is 18.2 Å². The van der Waals surface area contributed by atoms with Gasteiger partial charge in [0.2, 0.25) is 10.0 Å². The molecule has 1 N–H and O–H groups in total. The number of aliphatic carboxylic acids is 1. The molecule has 1 saturated heterocycles. The Bertz CT molecular complexity index is 664. The van der Waals surface area contributed by atoms with Gasteiger partial charge in [0, 0.05) is 18.1 Å². The van der Waals surface area contributed by atoms with Crippen LogP contribution in [-0.2, 0) is 14.8 Å². The minimum Gasteiger partial charge on any atom is -0.481 e. The zero-order valence-corrected chi connectivity index (χ0v) is 12.9. The van der Waals surface area contributed by atoms with Crippen molar-refractivity contribution >= 4 is 27.6 Å². The van der Waals surface area contributed by atoms with E-state index in [0.717, 1.165) is 16.4 Å². The lowest BCUT2D eigenvalue weighted by molar-refractivity contribution is -0.143. The maximum atomic E-state index is 13.8. The molecule has 2 rings (SSSR count). The lowest BCUT2D eigenvalue weighted by atomic mass is 9.92. The fourth-order valence-corrected chi connectivity index (χ4v) is 4.42. The molecule has 2 atom stereocenters. The number of carbonyl (C=O) groups is 1. The summed E-state index contributed by atoms with van der Waals surface area (Å²) in [5, 5.41) is 9.20. The van der Waals surface area contributed by atoms with Gasteiger partial charge in [-0.15, -0.1) is 0 Å². The van der Waals surface area contributed by atoms with Gasteiger partial charge < -0.3 is 5.11 Å². The summed E-state index contributed by atoms with van der Waals surface area (Å²) in [5.74, 6) is -2.85. The van der Waals surface area contributed by atoms with Crippen LogP contribution in [0.2, 0.25) is 5.02 Å². The zero-order valence-electron chi connectivity index (χ0n) is 11.3. The Labute approximate surface area is 127 Å². The van der Waals surface area contributed by atoms with E-state index in [-0.39, 0.29) is 24.0 Å². The first-order valence-electron chi connectivity index (χ1n) is 6.40. The third-order valence-electron chi connectivity index (χ3n) is 3.49. The topological polar surface area (TPSA) is 74.7 Å². The van der Waals surface area contributed by atoms with Gasteiger partial charge in [-0.25, -0.2) is 12.8 Å². The van der Waals surface area contributed by atoms with Gasteiger partial charge in [-0.2, -0.15) is 4.31 Å². The lowest BCUT2D eigenvalue weighted by Gasteiger charge is -2.33. The van der Waals surface area contributed by atoms with Crippen LogP contribution in [0.25, 0.3) is 0 Å². The van der Waals surface area contributed by atoms with Crippen LogP contribution in [0.15, 0.2) is 23.1 Å². The number of piperidine rings is 1. The number of hydrogen-bond donors (Lipinski definition) is 1. The van der Waals surface area contributed by atoms with Crippen LogP contribution >= 0.6 is 11.6 Å². The van der Waals surface area contributed by atoms with E-state index in [1.165, 1.54) is 6.07 Å².